The molecule has 6 nitrogen and oxygen atoms in total. The van der Waals surface area contributed by atoms with Gasteiger partial charge >= 0.3 is 5.97 Å². The highest BCUT2D eigenvalue weighted by Crippen LogP contribution is 2.32. The largest absolute Gasteiger partial charge is 0.478 e. The van der Waals surface area contributed by atoms with Crippen molar-refractivity contribution in [1.29, 1.82) is 0 Å². The van der Waals surface area contributed by atoms with Crippen LogP contribution < -0.4 is 5.32 Å². The smallest absolute Gasteiger partial charge is 0.335 e. The molecule has 1 aliphatic heterocycles. The van der Waals surface area contributed by atoms with Crippen molar-refractivity contribution in [2.45, 2.75) is 6.92 Å². The highest BCUT2D eigenvalue weighted by Gasteiger charge is 2.33. The summed E-state index contributed by atoms with van der Waals surface area (Å²) >= 11 is 6.39. The van der Waals surface area contributed by atoms with Crippen LogP contribution in [0, 0.1) is 6.92 Å². The van der Waals surface area contributed by atoms with Crippen LogP contribution in [0.3, 0.4) is 0 Å². The molecule has 2 aromatic rings. The zero-order valence-electron chi connectivity index (χ0n) is 14.8. The SMILES string of the molecule is Cc1ccc(/C=C2\SC(=S)N(CC(=O)Nc3cccc(C(=O)O)c3)C2=O)cc1. The van der Waals surface area contributed by atoms with Gasteiger partial charge in [0.2, 0.25) is 5.91 Å². The van der Waals surface area contributed by atoms with E-state index in [1.54, 1.807) is 12.1 Å². The Morgan fingerprint density at radius 1 is 1.21 bits per heavy atom. The van der Waals surface area contributed by atoms with Crippen LogP contribution in [0.15, 0.2) is 53.4 Å². The maximum Gasteiger partial charge on any atom is 0.335 e. The second-order valence-electron chi connectivity index (χ2n) is 6.11. The van der Waals surface area contributed by atoms with Crippen molar-refractivity contribution >= 4 is 57.8 Å². The number of thioether (sulfide) groups is 1. The summed E-state index contributed by atoms with van der Waals surface area (Å²) in [6, 6.07) is 13.6. The number of carbonyl (C=O) groups is 3. The number of hydrogen-bond acceptors (Lipinski definition) is 5. The fourth-order valence-corrected chi connectivity index (χ4v) is 3.78. The van der Waals surface area contributed by atoms with Gasteiger partial charge in [0.1, 0.15) is 10.9 Å². The van der Waals surface area contributed by atoms with Gasteiger partial charge < -0.3 is 10.4 Å². The minimum Gasteiger partial charge on any atom is -0.478 e. The summed E-state index contributed by atoms with van der Waals surface area (Å²) in [5, 5.41) is 11.6. The van der Waals surface area contributed by atoms with Crippen LogP contribution in [-0.4, -0.2) is 38.7 Å². The lowest BCUT2D eigenvalue weighted by atomic mass is 10.1. The van der Waals surface area contributed by atoms with Crippen molar-refractivity contribution in [3.8, 4) is 0 Å². The molecule has 8 heteroatoms. The van der Waals surface area contributed by atoms with E-state index >= 15 is 0 Å². The Kier molecular flexibility index (Phi) is 5.91. The number of carbonyl (C=O) groups excluding carboxylic acids is 2. The molecule has 0 aliphatic carbocycles. The molecule has 2 N–H and O–H groups in total. The Labute approximate surface area is 171 Å². The third kappa shape index (κ3) is 4.65. The molecule has 0 aromatic heterocycles. The monoisotopic (exact) mass is 412 g/mol. The van der Waals surface area contributed by atoms with Crippen molar-refractivity contribution in [2.75, 3.05) is 11.9 Å². The van der Waals surface area contributed by atoms with Crippen molar-refractivity contribution < 1.29 is 19.5 Å². The van der Waals surface area contributed by atoms with Gasteiger partial charge in [-0.3, -0.25) is 14.5 Å². The summed E-state index contributed by atoms with van der Waals surface area (Å²) in [5.41, 5.74) is 2.39. The first kappa shape index (κ1) is 19.8. The molecule has 0 saturated carbocycles. The average Bonchev–Trinajstić information content (AvgIpc) is 2.91. The fraction of sp³-hybridized carbons (Fsp3) is 0.100. The van der Waals surface area contributed by atoms with Crippen LogP contribution in [0.2, 0.25) is 0 Å². The first-order chi connectivity index (χ1) is 13.3. The molecule has 2 amide bonds. The second-order valence-corrected chi connectivity index (χ2v) is 7.79. The van der Waals surface area contributed by atoms with E-state index in [0.717, 1.165) is 22.9 Å². The number of rotatable bonds is 5. The number of benzene rings is 2. The van der Waals surface area contributed by atoms with Gasteiger partial charge in [-0.25, -0.2) is 4.79 Å². The minimum atomic E-state index is -1.09. The Morgan fingerprint density at radius 3 is 2.61 bits per heavy atom. The highest BCUT2D eigenvalue weighted by molar-refractivity contribution is 8.26. The summed E-state index contributed by atoms with van der Waals surface area (Å²) in [5.74, 6) is -1.88. The molecular weight excluding hydrogens is 396 g/mol. The Balaban J connectivity index is 1.68. The third-order valence-corrected chi connectivity index (χ3v) is 5.32. The molecule has 1 heterocycles. The summed E-state index contributed by atoms with van der Waals surface area (Å²) in [6.07, 6.45) is 1.74. The molecule has 1 aliphatic rings. The molecule has 0 spiro atoms. The van der Waals surface area contributed by atoms with E-state index in [1.165, 1.54) is 23.1 Å². The molecule has 0 bridgehead atoms. The van der Waals surface area contributed by atoms with Crippen LogP contribution in [0.4, 0.5) is 5.69 Å². The number of carboxylic acid groups (broad SMARTS) is 1. The summed E-state index contributed by atoms with van der Waals surface area (Å²) in [7, 11) is 0. The third-order valence-electron chi connectivity index (χ3n) is 3.94. The zero-order valence-corrected chi connectivity index (χ0v) is 16.5. The van der Waals surface area contributed by atoms with Crippen molar-refractivity contribution in [2.24, 2.45) is 0 Å². The minimum absolute atomic E-state index is 0.0597. The lowest BCUT2D eigenvalue weighted by molar-refractivity contribution is -0.126. The number of anilines is 1. The molecule has 142 valence electrons. The zero-order chi connectivity index (χ0) is 20.3. The van der Waals surface area contributed by atoms with Crippen molar-refractivity contribution in [1.82, 2.24) is 4.90 Å². The summed E-state index contributed by atoms with van der Waals surface area (Å²) < 4.78 is 0.304. The summed E-state index contributed by atoms with van der Waals surface area (Å²) in [4.78, 5) is 37.6. The maximum absolute atomic E-state index is 12.6. The van der Waals surface area contributed by atoms with Crippen molar-refractivity contribution in [3.05, 3.63) is 70.1 Å². The van der Waals surface area contributed by atoms with E-state index < -0.39 is 11.9 Å². The van der Waals surface area contributed by atoms with Gasteiger partial charge in [0.05, 0.1) is 10.5 Å². The summed E-state index contributed by atoms with van der Waals surface area (Å²) in [6.45, 7) is 1.74. The second kappa shape index (κ2) is 8.37. The molecule has 0 unspecified atom stereocenters. The Hall–Kier alpha value is -2.97. The number of hydrogen-bond donors (Lipinski definition) is 2. The molecule has 0 radical (unpaired) electrons. The molecule has 2 aromatic carbocycles. The maximum atomic E-state index is 12.6. The molecule has 3 rings (SSSR count). The average molecular weight is 412 g/mol. The first-order valence-electron chi connectivity index (χ1n) is 8.29. The number of nitrogens with zero attached hydrogens (tertiary/aromatic N) is 1. The van der Waals surface area contributed by atoms with E-state index in [2.05, 4.69) is 5.32 Å². The van der Waals surface area contributed by atoms with Gasteiger partial charge in [0.15, 0.2) is 0 Å². The van der Waals surface area contributed by atoms with Crippen LogP contribution in [-0.2, 0) is 9.59 Å². The molecule has 28 heavy (non-hydrogen) atoms. The first-order valence-corrected chi connectivity index (χ1v) is 9.51. The number of thiocarbonyl (C=S) groups is 1. The van der Waals surface area contributed by atoms with Gasteiger partial charge in [-0.05, 0) is 36.8 Å². The fourth-order valence-electron chi connectivity index (χ4n) is 2.52. The lowest BCUT2D eigenvalue weighted by Crippen LogP contribution is -2.36. The Bertz CT molecular complexity index is 1000. The van der Waals surface area contributed by atoms with Crippen molar-refractivity contribution in [3.63, 3.8) is 0 Å². The normalized spacial score (nSPS) is 15.2. The van der Waals surface area contributed by atoms with Crippen LogP contribution in [0.5, 0.6) is 0 Å². The van der Waals surface area contributed by atoms with Crippen LogP contribution >= 0.6 is 24.0 Å². The highest BCUT2D eigenvalue weighted by atomic mass is 32.2. The number of carboxylic acids is 1. The number of nitrogens with one attached hydrogen (secondary N) is 1. The predicted molar refractivity (Wildman–Crippen MR) is 113 cm³/mol. The van der Waals surface area contributed by atoms with E-state index in [4.69, 9.17) is 17.3 Å². The number of amides is 2. The standard InChI is InChI=1S/C20H16N2O4S2/c1-12-5-7-13(8-6-12)9-16-18(24)22(20(27)28-16)11-17(23)21-15-4-2-3-14(10-15)19(25)26/h2-10H,11H2,1H3,(H,21,23)(H,25,26)/b16-9-. The van der Waals surface area contributed by atoms with E-state index in [9.17, 15) is 14.4 Å². The van der Waals surface area contributed by atoms with E-state index in [1.807, 2.05) is 31.2 Å². The van der Waals surface area contributed by atoms with Gasteiger partial charge in [0.25, 0.3) is 5.91 Å². The van der Waals surface area contributed by atoms with Gasteiger partial charge in [-0.2, -0.15) is 0 Å². The molecule has 1 fully saturated rings. The van der Waals surface area contributed by atoms with E-state index in [0.29, 0.717) is 14.9 Å². The Morgan fingerprint density at radius 2 is 1.93 bits per heavy atom. The van der Waals surface area contributed by atoms with Gasteiger partial charge in [-0.15, -0.1) is 0 Å². The van der Waals surface area contributed by atoms with Crippen LogP contribution in [0.25, 0.3) is 6.08 Å². The number of aryl methyl sites for hydroxylation is 1. The topological polar surface area (TPSA) is 86.7 Å². The van der Waals surface area contributed by atoms with Gasteiger partial charge in [0, 0.05) is 5.69 Å². The molecule has 1 saturated heterocycles. The van der Waals surface area contributed by atoms with Gasteiger partial charge in [-0.1, -0.05) is 59.9 Å². The lowest BCUT2D eigenvalue weighted by Gasteiger charge is -2.14. The quantitative estimate of drug-likeness (QED) is 0.577. The van der Waals surface area contributed by atoms with Crippen LogP contribution in [0.1, 0.15) is 21.5 Å². The predicted octanol–water partition coefficient (Wildman–Crippen LogP) is 3.53. The number of aromatic carboxylic acids is 1. The molecular formula is C20H16N2O4S2. The van der Waals surface area contributed by atoms with E-state index in [-0.39, 0.29) is 18.0 Å². The molecule has 0 atom stereocenters.